The monoisotopic (exact) mass is 319 g/mol. The van der Waals surface area contributed by atoms with Crippen LogP contribution < -0.4 is 14.8 Å². The van der Waals surface area contributed by atoms with Crippen molar-refractivity contribution >= 4 is 12.4 Å². The Balaban J connectivity index is 0.00000176. The highest BCUT2D eigenvalue weighted by Crippen LogP contribution is 2.23. The largest absolute Gasteiger partial charge is 0.492 e. The normalized spacial score (nSPS) is 17.4. The lowest BCUT2D eigenvalue weighted by molar-refractivity contribution is 0.239. The molecule has 1 heterocycles. The van der Waals surface area contributed by atoms with Gasteiger partial charge in [-0.1, -0.05) is 24.6 Å². The molecule has 1 atom stereocenters. The quantitative estimate of drug-likeness (QED) is 0.884. The number of piperidine rings is 1. The number of benzene rings is 2. The van der Waals surface area contributed by atoms with Gasteiger partial charge in [0.2, 0.25) is 0 Å². The van der Waals surface area contributed by atoms with Crippen LogP contribution in [0.2, 0.25) is 0 Å². The van der Waals surface area contributed by atoms with Gasteiger partial charge in [-0.25, -0.2) is 0 Å². The molecule has 1 fully saturated rings. The lowest BCUT2D eigenvalue weighted by Crippen LogP contribution is -2.38. The molecule has 0 bridgehead atoms. The first-order chi connectivity index (χ1) is 10.4. The second-order valence-electron chi connectivity index (χ2n) is 5.34. The summed E-state index contributed by atoms with van der Waals surface area (Å²) in [5.74, 6) is 2.56. The van der Waals surface area contributed by atoms with Crippen molar-refractivity contribution in [2.24, 2.45) is 0 Å². The molecule has 2 aromatic carbocycles. The number of hydrogen-bond acceptors (Lipinski definition) is 3. The Morgan fingerprint density at radius 2 is 1.55 bits per heavy atom. The molecule has 3 rings (SSSR count). The maximum atomic E-state index is 5.83. The molecule has 1 aliphatic rings. The molecule has 0 unspecified atom stereocenters. The van der Waals surface area contributed by atoms with Gasteiger partial charge in [-0.3, -0.25) is 0 Å². The van der Waals surface area contributed by atoms with Crippen LogP contribution in [0.15, 0.2) is 54.6 Å². The zero-order chi connectivity index (χ0) is 14.3. The predicted octanol–water partition coefficient (Wildman–Crippen LogP) is 4.42. The van der Waals surface area contributed by atoms with E-state index in [-0.39, 0.29) is 12.4 Å². The third kappa shape index (κ3) is 4.93. The zero-order valence-corrected chi connectivity index (χ0v) is 13.4. The summed E-state index contributed by atoms with van der Waals surface area (Å²) in [6.07, 6.45) is 3.78. The van der Waals surface area contributed by atoms with Gasteiger partial charge in [-0.05, 0) is 55.8 Å². The molecule has 0 spiro atoms. The van der Waals surface area contributed by atoms with Crippen LogP contribution in [0.3, 0.4) is 0 Å². The molecule has 1 N–H and O–H groups in total. The van der Waals surface area contributed by atoms with Gasteiger partial charge in [0, 0.05) is 6.04 Å². The van der Waals surface area contributed by atoms with E-state index in [0.717, 1.165) is 30.4 Å². The van der Waals surface area contributed by atoms with Crippen molar-refractivity contribution in [3.05, 3.63) is 54.6 Å². The summed E-state index contributed by atoms with van der Waals surface area (Å²) in [5.41, 5.74) is 0. The van der Waals surface area contributed by atoms with E-state index in [1.165, 1.54) is 19.3 Å². The maximum absolute atomic E-state index is 5.83. The fraction of sp³-hybridized carbons (Fsp3) is 0.333. The molecule has 0 saturated carbocycles. The molecule has 0 aliphatic carbocycles. The maximum Gasteiger partial charge on any atom is 0.127 e. The minimum Gasteiger partial charge on any atom is -0.492 e. The molecule has 118 valence electrons. The second-order valence-corrected chi connectivity index (χ2v) is 5.34. The van der Waals surface area contributed by atoms with E-state index < -0.39 is 0 Å². The average molecular weight is 320 g/mol. The smallest absolute Gasteiger partial charge is 0.127 e. The van der Waals surface area contributed by atoms with E-state index in [4.69, 9.17) is 9.47 Å². The molecule has 0 aromatic heterocycles. The minimum atomic E-state index is 0. The Labute approximate surface area is 138 Å². The van der Waals surface area contributed by atoms with Gasteiger partial charge >= 0.3 is 0 Å². The van der Waals surface area contributed by atoms with Crippen LogP contribution in [0.25, 0.3) is 0 Å². The molecular weight excluding hydrogens is 298 g/mol. The number of ether oxygens (including phenoxy) is 2. The predicted molar refractivity (Wildman–Crippen MR) is 91.3 cm³/mol. The van der Waals surface area contributed by atoms with Crippen LogP contribution >= 0.6 is 12.4 Å². The van der Waals surface area contributed by atoms with Crippen LogP contribution in [-0.2, 0) is 0 Å². The summed E-state index contributed by atoms with van der Waals surface area (Å²) >= 11 is 0. The Morgan fingerprint density at radius 1 is 0.864 bits per heavy atom. The van der Waals surface area contributed by atoms with E-state index in [1.807, 2.05) is 54.6 Å². The van der Waals surface area contributed by atoms with Crippen LogP contribution in [0.5, 0.6) is 17.2 Å². The average Bonchev–Trinajstić information content (AvgIpc) is 2.56. The second kappa shape index (κ2) is 8.66. The number of halogens is 1. The molecule has 4 heteroatoms. The van der Waals surface area contributed by atoms with Crippen molar-refractivity contribution in [2.75, 3.05) is 13.2 Å². The lowest BCUT2D eigenvalue weighted by Gasteiger charge is -2.23. The molecule has 3 nitrogen and oxygen atoms in total. The minimum absolute atomic E-state index is 0. The highest BCUT2D eigenvalue weighted by molar-refractivity contribution is 5.85. The van der Waals surface area contributed by atoms with Gasteiger partial charge in [0.15, 0.2) is 0 Å². The van der Waals surface area contributed by atoms with Crippen molar-refractivity contribution in [3.8, 4) is 17.2 Å². The van der Waals surface area contributed by atoms with Gasteiger partial charge < -0.3 is 14.8 Å². The molecule has 1 saturated heterocycles. The lowest BCUT2D eigenvalue weighted by atomic mass is 10.1. The zero-order valence-electron chi connectivity index (χ0n) is 12.5. The highest BCUT2D eigenvalue weighted by atomic mass is 35.5. The summed E-state index contributed by atoms with van der Waals surface area (Å²) in [6, 6.07) is 18.1. The molecular formula is C18H22ClNO2. The number of para-hydroxylation sites is 1. The Morgan fingerprint density at radius 3 is 2.23 bits per heavy atom. The van der Waals surface area contributed by atoms with E-state index in [1.54, 1.807) is 0 Å². The van der Waals surface area contributed by atoms with Crippen LogP contribution in [0.4, 0.5) is 0 Å². The van der Waals surface area contributed by atoms with Crippen molar-refractivity contribution in [1.29, 1.82) is 0 Å². The third-order valence-corrected chi connectivity index (χ3v) is 3.67. The Kier molecular flexibility index (Phi) is 6.56. The Hall–Kier alpha value is -1.71. The number of hydrogen-bond donors (Lipinski definition) is 1. The number of rotatable bonds is 5. The van der Waals surface area contributed by atoms with Crippen molar-refractivity contribution in [1.82, 2.24) is 5.32 Å². The van der Waals surface area contributed by atoms with Crippen molar-refractivity contribution in [3.63, 3.8) is 0 Å². The first-order valence-corrected chi connectivity index (χ1v) is 7.59. The van der Waals surface area contributed by atoms with Gasteiger partial charge in [0.25, 0.3) is 0 Å². The molecule has 0 amide bonds. The van der Waals surface area contributed by atoms with Crippen LogP contribution in [0, 0.1) is 0 Å². The highest BCUT2D eigenvalue weighted by Gasteiger charge is 2.12. The molecule has 2 aromatic rings. The van der Waals surface area contributed by atoms with Gasteiger partial charge in [-0.15, -0.1) is 12.4 Å². The van der Waals surface area contributed by atoms with Crippen molar-refractivity contribution in [2.45, 2.75) is 25.3 Å². The first kappa shape index (κ1) is 16.7. The first-order valence-electron chi connectivity index (χ1n) is 7.59. The van der Waals surface area contributed by atoms with E-state index in [9.17, 15) is 0 Å². The molecule has 0 radical (unpaired) electrons. The summed E-state index contributed by atoms with van der Waals surface area (Å²) < 4.78 is 11.6. The molecule has 1 aliphatic heterocycles. The summed E-state index contributed by atoms with van der Waals surface area (Å²) in [6.45, 7) is 1.84. The standard InChI is InChI=1S/C18H21NO2.ClH/c1-2-7-17(8-3-1)21-18-11-9-16(10-12-18)20-14-15-6-4-5-13-19-15;/h1-3,7-12,15,19H,4-6,13-14H2;1H/t15-;/m1./s1. The Bertz CT molecular complexity index is 539. The third-order valence-electron chi connectivity index (χ3n) is 3.67. The van der Waals surface area contributed by atoms with Crippen LogP contribution in [0.1, 0.15) is 19.3 Å². The fourth-order valence-corrected chi connectivity index (χ4v) is 2.49. The van der Waals surface area contributed by atoms with Gasteiger partial charge in [-0.2, -0.15) is 0 Å². The van der Waals surface area contributed by atoms with Gasteiger partial charge in [0.05, 0.1) is 0 Å². The topological polar surface area (TPSA) is 30.5 Å². The number of nitrogens with one attached hydrogen (secondary N) is 1. The van der Waals surface area contributed by atoms with Crippen LogP contribution in [-0.4, -0.2) is 19.2 Å². The van der Waals surface area contributed by atoms with Crippen molar-refractivity contribution < 1.29 is 9.47 Å². The van der Waals surface area contributed by atoms with E-state index in [0.29, 0.717) is 6.04 Å². The summed E-state index contributed by atoms with van der Waals surface area (Å²) in [4.78, 5) is 0. The molecule has 22 heavy (non-hydrogen) atoms. The van der Waals surface area contributed by atoms with E-state index >= 15 is 0 Å². The van der Waals surface area contributed by atoms with Gasteiger partial charge in [0.1, 0.15) is 23.9 Å². The SMILES string of the molecule is Cl.c1ccc(Oc2ccc(OC[C@H]3CCCCN3)cc2)cc1. The summed E-state index contributed by atoms with van der Waals surface area (Å²) in [7, 11) is 0. The fourth-order valence-electron chi connectivity index (χ4n) is 2.49. The van der Waals surface area contributed by atoms with E-state index in [2.05, 4.69) is 5.32 Å². The summed E-state index contributed by atoms with van der Waals surface area (Å²) in [5, 5.41) is 3.48.